The van der Waals surface area contributed by atoms with Gasteiger partial charge in [-0.1, -0.05) is 66.0 Å². The molecule has 0 rings (SSSR count). The summed E-state index contributed by atoms with van der Waals surface area (Å²) in [5.41, 5.74) is 0. The van der Waals surface area contributed by atoms with Crippen molar-refractivity contribution in [2.24, 2.45) is 5.92 Å². The minimum absolute atomic E-state index is 0.00736. The summed E-state index contributed by atoms with van der Waals surface area (Å²) in [4.78, 5) is 21.7. The van der Waals surface area contributed by atoms with Gasteiger partial charge in [-0.15, -0.1) is 0 Å². The highest BCUT2D eigenvalue weighted by Gasteiger charge is 2.11. The highest BCUT2D eigenvalue weighted by atomic mass is 16.5. The van der Waals surface area contributed by atoms with E-state index in [9.17, 15) is 9.59 Å². The van der Waals surface area contributed by atoms with Crippen molar-refractivity contribution in [3.05, 3.63) is 25.7 Å². The van der Waals surface area contributed by atoms with Crippen LogP contribution in [0.4, 0.5) is 0 Å². The first-order valence-electron chi connectivity index (χ1n) is 8.15. The summed E-state index contributed by atoms with van der Waals surface area (Å²) in [6.07, 6.45) is 10.4. The number of unbranched alkanes of at least 4 members (excludes halogenated alkanes) is 4. The second-order valence-corrected chi connectivity index (χ2v) is 5.11. The summed E-state index contributed by atoms with van der Waals surface area (Å²) < 4.78 is 9.17. The van der Waals surface area contributed by atoms with Crippen molar-refractivity contribution in [3.63, 3.8) is 0 Å². The van der Waals surface area contributed by atoms with Gasteiger partial charge in [-0.05, 0) is 12.8 Å². The SMILES string of the molecule is C=COC(=O)C(C)CCCC.C=COC(=O)CCCCCC. The minimum atomic E-state index is -0.173. The van der Waals surface area contributed by atoms with Gasteiger partial charge in [0.2, 0.25) is 0 Å². The van der Waals surface area contributed by atoms with Gasteiger partial charge in [-0.3, -0.25) is 9.59 Å². The van der Waals surface area contributed by atoms with Crippen LogP contribution >= 0.6 is 0 Å². The molecule has 1 atom stereocenters. The Balaban J connectivity index is 0. The molecule has 0 saturated heterocycles. The highest BCUT2D eigenvalue weighted by molar-refractivity contribution is 5.72. The Morgan fingerprint density at radius 1 is 0.955 bits per heavy atom. The predicted molar refractivity (Wildman–Crippen MR) is 90.0 cm³/mol. The zero-order valence-corrected chi connectivity index (χ0v) is 14.4. The molecule has 1 unspecified atom stereocenters. The van der Waals surface area contributed by atoms with Crippen molar-refractivity contribution < 1.29 is 19.1 Å². The van der Waals surface area contributed by atoms with Gasteiger partial charge in [0.05, 0.1) is 18.4 Å². The van der Waals surface area contributed by atoms with Gasteiger partial charge in [0.15, 0.2) is 0 Å². The lowest BCUT2D eigenvalue weighted by atomic mass is 10.1. The first kappa shape index (κ1) is 22.7. The van der Waals surface area contributed by atoms with Crippen molar-refractivity contribution in [2.75, 3.05) is 0 Å². The number of ether oxygens (including phenoxy) is 2. The molecule has 0 aliphatic heterocycles. The van der Waals surface area contributed by atoms with Crippen molar-refractivity contribution in [1.29, 1.82) is 0 Å². The smallest absolute Gasteiger partial charge is 0.313 e. The van der Waals surface area contributed by atoms with E-state index < -0.39 is 0 Å². The van der Waals surface area contributed by atoms with Crippen LogP contribution in [-0.4, -0.2) is 11.9 Å². The summed E-state index contributed by atoms with van der Waals surface area (Å²) in [5, 5.41) is 0. The fourth-order valence-electron chi connectivity index (χ4n) is 1.67. The lowest BCUT2D eigenvalue weighted by Crippen LogP contribution is -2.11. The molecule has 0 bridgehead atoms. The topological polar surface area (TPSA) is 52.6 Å². The van der Waals surface area contributed by atoms with Crippen molar-refractivity contribution >= 4 is 11.9 Å². The summed E-state index contributed by atoms with van der Waals surface area (Å²) in [5.74, 6) is -0.336. The average Bonchev–Trinajstić information content (AvgIpc) is 2.50. The average molecular weight is 312 g/mol. The quantitative estimate of drug-likeness (QED) is 0.301. The van der Waals surface area contributed by atoms with Crippen molar-refractivity contribution in [1.82, 2.24) is 0 Å². The second kappa shape index (κ2) is 17.5. The molecule has 0 radical (unpaired) electrons. The zero-order chi connectivity index (χ0) is 17.2. The van der Waals surface area contributed by atoms with Gasteiger partial charge in [-0.2, -0.15) is 0 Å². The molecule has 0 aromatic carbocycles. The number of carbonyl (C=O) groups excluding carboxylic acids is 2. The van der Waals surface area contributed by atoms with E-state index in [2.05, 4.69) is 36.5 Å². The molecule has 128 valence electrons. The normalized spacial score (nSPS) is 10.7. The number of carbonyl (C=O) groups is 2. The van der Waals surface area contributed by atoms with E-state index in [1.54, 1.807) is 0 Å². The van der Waals surface area contributed by atoms with Gasteiger partial charge in [0, 0.05) is 6.42 Å². The molecule has 0 N–H and O–H groups in total. The van der Waals surface area contributed by atoms with Gasteiger partial charge in [0.25, 0.3) is 0 Å². The fraction of sp³-hybridized carbons (Fsp3) is 0.667. The third kappa shape index (κ3) is 16.5. The number of hydrogen-bond acceptors (Lipinski definition) is 4. The van der Waals surface area contributed by atoms with E-state index in [1.807, 2.05) is 6.92 Å². The molecule has 0 aliphatic rings. The third-order valence-electron chi connectivity index (χ3n) is 3.04. The van der Waals surface area contributed by atoms with Gasteiger partial charge in [-0.25, -0.2) is 0 Å². The summed E-state index contributed by atoms with van der Waals surface area (Å²) in [7, 11) is 0. The Bertz CT molecular complexity index is 310. The van der Waals surface area contributed by atoms with Crippen molar-refractivity contribution in [2.45, 2.75) is 72.1 Å². The van der Waals surface area contributed by atoms with Crippen LogP contribution in [0.1, 0.15) is 72.1 Å². The lowest BCUT2D eigenvalue weighted by Gasteiger charge is -2.06. The molecule has 4 heteroatoms. The van der Waals surface area contributed by atoms with E-state index in [4.69, 9.17) is 0 Å². The highest BCUT2D eigenvalue weighted by Crippen LogP contribution is 2.09. The second-order valence-electron chi connectivity index (χ2n) is 5.11. The maximum atomic E-state index is 11.0. The molecule has 0 aliphatic carbocycles. The summed E-state index contributed by atoms with van der Waals surface area (Å²) >= 11 is 0. The maximum Gasteiger partial charge on any atom is 0.313 e. The molecule has 0 aromatic heterocycles. The van der Waals surface area contributed by atoms with Gasteiger partial charge >= 0.3 is 11.9 Å². The molecule has 22 heavy (non-hydrogen) atoms. The van der Waals surface area contributed by atoms with E-state index in [0.717, 1.165) is 32.1 Å². The molecular weight excluding hydrogens is 280 g/mol. The first-order valence-corrected chi connectivity index (χ1v) is 8.15. The van der Waals surface area contributed by atoms with Crippen LogP contribution in [0.2, 0.25) is 0 Å². The molecule has 0 amide bonds. The van der Waals surface area contributed by atoms with Crippen LogP contribution in [0.5, 0.6) is 0 Å². The monoisotopic (exact) mass is 312 g/mol. The standard InChI is InChI=1S/2C9H16O2/c1-4-6-7-8(3)9(10)11-5-2;1-3-5-6-7-8-9(10)11-4-2/h5,8H,2,4,6-7H2,1,3H3;4H,2-3,5-8H2,1H3. The molecule has 0 spiro atoms. The van der Waals surface area contributed by atoms with Crippen LogP contribution in [0.15, 0.2) is 25.7 Å². The van der Waals surface area contributed by atoms with E-state index >= 15 is 0 Å². The largest absolute Gasteiger partial charge is 0.435 e. The van der Waals surface area contributed by atoms with Crippen LogP contribution in [0.25, 0.3) is 0 Å². The van der Waals surface area contributed by atoms with Gasteiger partial charge in [0.1, 0.15) is 0 Å². The minimum Gasteiger partial charge on any atom is -0.435 e. The third-order valence-corrected chi connectivity index (χ3v) is 3.04. The summed E-state index contributed by atoms with van der Waals surface area (Å²) in [6, 6.07) is 0. The molecule has 0 fully saturated rings. The Labute approximate surface area is 135 Å². The van der Waals surface area contributed by atoms with Crippen LogP contribution in [0, 0.1) is 5.92 Å². The first-order chi connectivity index (χ1) is 10.5. The molecule has 0 aromatic rings. The van der Waals surface area contributed by atoms with Crippen LogP contribution in [-0.2, 0) is 19.1 Å². The fourth-order valence-corrected chi connectivity index (χ4v) is 1.67. The maximum absolute atomic E-state index is 11.0. The molecule has 0 heterocycles. The Kier molecular flexibility index (Phi) is 18.0. The number of esters is 2. The molecule has 0 saturated carbocycles. The van der Waals surface area contributed by atoms with E-state index in [-0.39, 0.29) is 17.9 Å². The summed E-state index contributed by atoms with van der Waals surface area (Å²) in [6.45, 7) is 12.7. The van der Waals surface area contributed by atoms with Crippen LogP contribution in [0.3, 0.4) is 0 Å². The van der Waals surface area contributed by atoms with E-state index in [0.29, 0.717) is 6.42 Å². The van der Waals surface area contributed by atoms with Crippen LogP contribution < -0.4 is 0 Å². The van der Waals surface area contributed by atoms with E-state index in [1.165, 1.54) is 25.4 Å². The number of rotatable bonds is 11. The number of hydrogen-bond donors (Lipinski definition) is 0. The molecular formula is C18H32O4. The Hall–Kier alpha value is -1.58. The lowest BCUT2D eigenvalue weighted by molar-refractivity contribution is -0.142. The predicted octanol–water partition coefficient (Wildman–Crippen LogP) is 5.14. The Morgan fingerprint density at radius 3 is 2.05 bits per heavy atom. The molecule has 4 nitrogen and oxygen atoms in total. The van der Waals surface area contributed by atoms with Gasteiger partial charge < -0.3 is 9.47 Å². The Morgan fingerprint density at radius 2 is 1.55 bits per heavy atom. The van der Waals surface area contributed by atoms with Crippen molar-refractivity contribution in [3.8, 4) is 0 Å². The zero-order valence-electron chi connectivity index (χ0n) is 14.4.